The van der Waals surface area contributed by atoms with Crippen LogP contribution in [0.4, 0.5) is 0 Å². The SMILES string of the molecule is CO[C@@H]1O[C@@H]2COC(C)(C)O[C@H]2[C@@H]2OC(C)(C)O[C@@H]12. The second-order valence-electron chi connectivity index (χ2n) is 6.14. The molecule has 3 aliphatic rings. The Balaban J connectivity index is 1.85. The Morgan fingerprint density at radius 2 is 1.53 bits per heavy atom. The zero-order valence-corrected chi connectivity index (χ0v) is 12.0. The Hall–Kier alpha value is -0.240. The van der Waals surface area contributed by atoms with E-state index in [0.717, 1.165) is 0 Å². The smallest absolute Gasteiger partial charge is 0.186 e. The minimum absolute atomic E-state index is 0.197. The van der Waals surface area contributed by atoms with Crippen molar-refractivity contribution in [2.24, 2.45) is 0 Å². The van der Waals surface area contributed by atoms with Gasteiger partial charge in [-0.2, -0.15) is 0 Å². The third kappa shape index (κ3) is 2.41. The quantitative estimate of drug-likeness (QED) is 0.712. The summed E-state index contributed by atoms with van der Waals surface area (Å²) in [5.74, 6) is -1.29. The van der Waals surface area contributed by atoms with Gasteiger partial charge in [0, 0.05) is 7.11 Å². The van der Waals surface area contributed by atoms with E-state index in [1.54, 1.807) is 7.11 Å². The first-order valence-electron chi connectivity index (χ1n) is 6.67. The van der Waals surface area contributed by atoms with Crippen molar-refractivity contribution in [3.63, 3.8) is 0 Å². The minimum Gasteiger partial charge on any atom is -0.353 e. The van der Waals surface area contributed by atoms with Gasteiger partial charge in [-0.3, -0.25) is 0 Å². The fraction of sp³-hybridized carbons (Fsp3) is 1.00. The Morgan fingerprint density at radius 3 is 2.21 bits per heavy atom. The molecule has 3 rings (SSSR count). The number of fused-ring (bicyclic) bond motifs is 3. The number of hydrogen-bond donors (Lipinski definition) is 0. The summed E-state index contributed by atoms with van der Waals surface area (Å²) in [5, 5.41) is 0. The van der Waals surface area contributed by atoms with E-state index in [2.05, 4.69) is 0 Å². The van der Waals surface area contributed by atoms with Crippen molar-refractivity contribution < 1.29 is 28.4 Å². The van der Waals surface area contributed by atoms with Gasteiger partial charge in [0.1, 0.15) is 24.4 Å². The van der Waals surface area contributed by atoms with E-state index in [1.165, 1.54) is 0 Å². The molecule has 19 heavy (non-hydrogen) atoms. The largest absolute Gasteiger partial charge is 0.353 e. The van der Waals surface area contributed by atoms with E-state index in [1.807, 2.05) is 27.7 Å². The zero-order valence-electron chi connectivity index (χ0n) is 12.0. The second kappa shape index (κ2) is 4.38. The molecule has 5 atom stereocenters. The molecule has 3 heterocycles. The third-order valence-corrected chi connectivity index (χ3v) is 3.68. The van der Waals surface area contributed by atoms with Crippen LogP contribution in [0.5, 0.6) is 0 Å². The molecule has 0 spiro atoms. The first-order chi connectivity index (χ1) is 8.81. The first-order valence-corrected chi connectivity index (χ1v) is 6.67. The molecule has 0 saturated carbocycles. The predicted octanol–water partition coefficient (Wildman–Crippen LogP) is 1.03. The van der Waals surface area contributed by atoms with Crippen LogP contribution in [0.15, 0.2) is 0 Å². The Labute approximate surface area is 113 Å². The molecule has 6 heteroatoms. The molecule has 3 fully saturated rings. The van der Waals surface area contributed by atoms with Crippen LogP contribution in [0, 0.1) is 0 Å². The summed E-state index contributed by atoms with van der Waals surface area (Å²) in [5.41, 5.74) is 0. The molecule has 3 aliphatic heterocycles. The minimum atomic E-state index is -0.657. The monoisotopic (exact) mass is 274 g/mol. The number of methoxy groups -OCH3 is 1. The van der Waals surface area contributed by atoms with Gasteiger partial charge in [0.15, 0.2) is 17.9 Å². The lowest BCUT2D eigenvalue weighted by Gasteiger charge is -2.48. The van der Waals surface area contributed by atoms with Crippen LogP contribution in [0.3, 0.4) is 0 Å². The summed E-state index contributed by atoms with van der Waals surface area (Å²) >= 11 is 0. The van der Waals surface area contributed by atoms with Crippen LogP contribution < -0.4 is 0 Å². The normalized spacial score (nSPS) is 47.5. The Kier molecular flexibility index (Phi) is 3.16. The molecule has 3 saturated heterocycles. The number of rotatable bonds is 1. The molecule has 0 bridgehead atoms. The van der Waals surface area contributed by atoms with E-state index in [4.69, 9.17) is 28.4 Å². The standard InChI is InChI=1S/C13H22O6/c1-12(2)15-6-7-8(17-12)9-10(11(14-5)16-7)19-13(3,4)18-9/h7-11H,6H2,1-5H3/t7-,8-,9+,10-,11-/m1/s1. The topological polar surface area (TPSA) is 55.4 Å². The highest BCUT2D eigenvalue weighted by Gasteiger charge is 2.58. The summed E-state index contributed by atoms with van der Waals surface area (Å²) in [6.07, 6.45) is -1.35. The molecule has 0 aromatic heterocycles. The average molecular weight is 274 g/mol. The van der Waals surface area contributed by atoms with Crippen molar-refractivity contribution in [3.8, 4) is 0 Å². The van der Waals surface area contributed by atoms with Crippen LogP contribution in [-0.2, 0) is 28.4 Å². The highest BCUT2D eigenvalue weighted by Crippen LogP contribution is 2.41. The fourth-order valence-corrected chi connectivity index (χ4v) is 2.93. The molecule has 0 amide bonds. The molecule has 0 radical (unpaired) electrons. The molecule has 0 aliphatic carbocycles. The summed E-state index contributed by atoms with van der Waals surface area (Å²) in [7, 11) is 1.60. The lowest BCUT2D eigenvalue weighted by molar-refractivity contribution is -0.368. The van der Waals surface area contributed by atoms with Gasteiger partial charge in [-0.15, -0.1) is 0 Å². The molecular formula is C13H22O6. The summed E-state index contributed by atoms with van der Waals surface area (Å²) in [6, 6.07) is 0. The molecule has 110 valence electrons. The lowest BCUT2D eigenvalue weighted by Crippen LogP contribution is -2.63. The van der Waals surface area contributed by atoms with Gasteiger partial charge in [0.2, 0.25) is 0 Å². The molecule has 0 aromatic carbocycles. The lowest BCUT2D eigenvalue weighted by atomic mass is 9.97. The Morgan fingerprint density at radius 1 is 0.895 bits per heavy atom. The van der Waals surface area contributed by atoms with Crippen molar-refractivity contribution in [2.75, 3.05) is 13.7 Å². The van der Waals surface area contributed by atoms with Gasteiger partial charge in [0.25, 0.3) is 0 Å². The van der Waals surface area contributed by atoms with Crippen LogP contribution in [-0.4, -0.2) is 56.0 Å². The summed E-state index contributed by atoms with van der Waals surface area (Å²) in [6.45, 7) is 8.02. The van der Waals surface area contributed by atoms with Crippen LogP contribution >= 0.6 is 0 Å². The maximum absolute atomic E-state index is 5.98. The number of ether oxygens (including phenoxy) is 6. The van der Waals surface area contributed by atoms with Crippen molar-refractivity contribution in [2.45, 2.75) is 70.0 Å². The molecule has 0 N–H and O–H groups in total. The van der Waals surface area contributed by atoms with Gasteiger partial charge >= 0.3 is 0 Å². The van der Waals surface area contributed by atoms with Crippen molar-refractivity contribution in [1.82, 2.24) is 0 Å². The molecule has 0 aromatic rings. The van der Waals surface area contributed by atoms with Crippen LogP contribution in [0.1, 0.15) is 27.7 Å². The molecule has 6 nitrogen and oxygen atoms in total. The predicted molar refractivity (Wildman–Crippen MR) is 64.4 cm³/mol. The van der Waals surface area contributed by atoms with E-state index >= 15 is 0 Å². The van der Waals surface area contributed by atoms with Gasteiger partial charge in [-0.1, -0.05) is 0 Å². The summed E-state index contributed by atoms with van der Waals surface area (Å²) in [4.78, 5) is 0. The maximum atomic E-state index is 5.98. The molecule has 0 unspecified atom stereocenters. The third-order valence-electron chi connectivity index (χ3n) is 3.68. The van der Waals surface area contributed by atoms with E-state index in [-0.39, 0.29) is 24.4 Å². The van der Waals surface area contributed by atoms with Crippen molar-refractivity contribution in [3.05, 3.63) is 0 Å². The first kappa shape index (κ1) is 13.7. The average Bonchev–Trinajstić information content (AvgIpc) is 2.63. The van der Waals surface area contributed by atoms with Crippen LogP contribution in [0.2, 0.25) is 0 Å². The second-order valence-corrected chi connectivity index (χ2v) is 6.14. The molecular weight excluding hydrogens is 252 g/mol. The van der Waals surface area contributed by atoms with Crippen molar-refractivity contribution in [1.29, 1.82) is 0 Å². The fourth-order valence-electron chi connectivity index (χ4n) is 2.93. The van der Waals surface area contributed by atoms with Crippen molar-refractivity contribution >= 4 is 0 Å². The summed E-state index contributed by atoms with van der Waals surface area (Å²) < 4.78 is 34.7. The van der Waals surface area contributed by atoms with Gasteiger partial charge in [-0.05, 0) is 27.7 Å². The van der Waals surface area contributed by atoms with Gasteiger partial charge in [0.05, 0.1) is 6.61 Å². The highest BCUT2D eigenvalue weighted by molar-refractivity contribution is 4.99. The van der Waals surface area contributed by atoms with Crippen LogP contribution in [0.25, 0.3) is 0 Å². The highest BCUT2D eigenvalue weighted by atomic mass is 16.8. The maximum Gasteiger partial charge on any atom is 0.186 e. The van der Waals surface area contributed by atoms with Gasteiger partial charge < -0.3 is 28.4 Å². The zero-order chi connectivity index (χ0) is 13.8. The van der Waals surface area contributed by atoms with E-state index < -0.39 is 17.9 Å². The number of hydrogen-bond acceptors (Lipinski definition) is 6. The van der Waals surface area contributed by atoms with E-state index in [0.29, 0.717) is 6.61 Å². The Bertz CT molecular complexity index is 355. The van der Waals surface area contributed by atoms with E-state index in [9.17, 15) is 0 Å². The van der Waals surface area contributed by atoms with Gasteiger partial charge in [-0.25, -0.2) is 0 Å².